The highest BCUT2D eigenvalue weighted by Gasteiger charge is 2.83. The fraction of sp³-hybridized carbons (Fsp3) is 0.727. The molecular weight excluding hydrogens is 148 g/mol. The van der Waals surface area contributed by atoms with Crippen LogP contribution in [0.25, 0.3) is 0 Å². The molecule has 60 valence electrons. The van der Waals surface area contributed by atoms with E-state index >= 15 is 0 Å². The van der Waals surface area contributed by atoms with Gasteiger partial charge >= 0.3 is 0 Å². The van der Waals surface area contributed by atoms with Gasteiger partial charge in [-0.3, -0.25) is 4.79 Å². The van der Waals surface area contributed by atoms with Crippen LogP contribution in [0.3, 0.4) is 0 Å². The van der Waals surface area contributed by atoms with E-state index in [1.165, 1.54) is 0 Å². The van der Waals surface area contributed by atoms with Crippen molar-refractivity contribution in [2.24, 2.45) is 47.3 Å². The summed E-state index contributed by atoms with van der Waals surface area (Å²) in [5.74, 6) is 6.73. The van der Waals surface area contributed by atoms with Gasteiger partial charge in [-0.2, -0.15) is 0 Å². The van der Waals surface area contributed by atoms with Crippen molar-refractivity contribution < 1.29 is 4.79 Å². The quantitative estimate of drug-likeness (QED) is 0.483. The molecule has 0 aliphatic heterocycles. The second-order valence-electron chi connectivity index (χ2n) is 5.30. The van der Waals surface area contributed by atoms with Crippen LogP contribution in [0, 0.1) is 47.3 Å². The fourth-order valence-electron chi connectivity index (χ4n) is 4.97. The van der Waals surface area contributed by atoms with Crippen LogP contribution in [0.5, 0.6) is 0 Å². The number of allylic oxidation sites excluding steroid dienone is 2. The van der Waals surface area contributed by atoms with Gasteiger partial charge < -0.3 is 0 Å². The lowest BCUT2D eigenvalue weighted by Crippen LogP contribution is -2.23. The standard InChI is InChI=1S/C11H10O/c12-11-9-5-3-1-2-4(7(5)9)8-6(3)10(8)11/h1-10H. The molecule has 0 aromatic heterocycles. The summed E-state index contributed by atoms with van der Waals surface area (Å²) in [6.07, 6.45) is 4.86. The summed E-state index contributed by atoms with van der Waals surface area (Å²) in [5.41, 5.74) is 0. The lowest BCUT2D eigenvalue weighted by Gasteiger charge is -2.28. The first-order valence-electron chi connectivity index (χ1n) is 5.11. The Hall–Kier alpha value is -0.590. The highest BCUT2D eigenvalue weighted by molar-refractivity contribution is 5.93. The molecule has 7 aliphatic rings. The van der Waals surface area contributed by atoms with Gasteiger partial charge in [-0.25, -0.2) is 0 Å². The molecule has 5 fully saturated rings. The molecule has 0 N–H and O–H groups in total. The summed E-state index contributed by atoms with van der Waals surface area (Å²) >= 11 is 0. The lowest BCUT2D eigenvalue weighted by molar-refractivity contribution is -0.124. The molecule has 1 heteroatoms. The number of Topliss-reactive ketones (excluding diaryl/α,β-unsaturated/α-hetero) is 1. The van der Waals surface area contributed by atoms with Gasteiger partial charge in [0.25, 0.3) is 0 Å². The van der Waals surface area contributed by atoms with Crippen LogP contribution >= 0.6 is 0 Å². The molecule has 4 unspecified atom stereocenters. The van der Waals surface area contributed by atoms with Gasteiger partial charge in [-0.05, 0) is 35.5 Å². The first-order valence-corrected chi connectivity index (χ1v) is 5.11. The van der Waals surface area contributed by atoms with Crippen LogP contribution in [-0.2, 0) is 4.79 Å². The normalized spacial score (nSPS) is 77.8. The van der Waals surface area contributed by atoms with E-state index in [1.54, 1.807) is 0 Å². The topological polar surface area (TPSA) is 17.1 Å². The smallest absolute Gasteiger partial charge is 0.140 e. The summed E-state index contributed by atoms with van der Waals surface area (Å²) in [6.45, 7) is 0. The zero-order valence-electron chi connectivity index (χ0n) is 6.68. The minimum atomic E-state index is 0.537. The van der Waals surface area contributed by atoms with Crippen LogP contribution in [-0.4, -0.2) is 5.78 Å². The van der Waals surface area contributed by atoms with Crippen LogP contribution < -0.4 is 0 Å². The third kappa shape index (κ3) is 0.284. The second-order valence-corrected chi connectivity index (χ2v) is 5.30. The highest BCUT2D eigenvalue weighted by Crippen LogP contribution is 2.82. The van der Waals surface area contributed by atoms with Crippen molar-refractivity contribution >= 4 is 5.78 Å². The van der Waals surface area contributed by atoms with E-state index in [9.17, 15) is 4.79 Å². The third-order valence-corrected chi connectivity index (χ3v) is 5.26. The Morgan fingerprint density at radius 3 is 1.67 bits per heavy atom. The molecule has 5 saturated carbocycles. The van der Waals surface area contributed by atoms with Gasteiger partial charge in [0.15, 0.2) is 0 Å². The average molecular weight is 158 g/mol. The van der Waals surface area contributed by atoms with Crippen LogP contribution in [0.15, 0.2) is 12.2 Å². The summed E-state index contributed by atoms with van der Waals surface area (Å²) in [7, 11) is 0. The van der Waals surface area contributed by atoms with Crippen LogP contribution in [0.1, 0.15) is 0 Å². The van der Waals surface area contributed by atoms with Crippen molar-refractivity contribution in [2.45, 2.75) is 0 Å². The Labute approximate surface area is 70.8 Å². The van der Waals surface area contributed by atoms with Gasteiger partial charge in [0.1, 0.15) is 5.78 Å². The number of hydrogen-bond acceptors (Lipinski definition) is 1. The largest absolute Gasteiger partial charge is 0.299 e. The molecule has 0 radical (unpaired) electrons. The fourth-order valence-corrected chi connectivity index (χ4v) is 4.97. The van der Waals surface area contributed by atoms with E-state index in [4.69, 9.17) is 0 Å². The van der Waals surface area contributed by atoms with Gasteiger partial charge in [0.05, 0.1) is 0 Å². The van der Waals surface area contributed by atoms with E-state index in [0.717, 1.165) is 35.5 Å². The van der Waals surface area contributed by atoms with Crippen molar-refractivity contribution in [3.05, 3.63) is 12.2 Å². The molecule has 1 nitrogen and oxygen atoms in total. The summed E-state index contributed by atoms with van der Waals surface area (Å²) < 4.78 is 0. The van der Waals surface area contributed by atoms with Gasteiger partial charge in [-0.15, -0.1) is 0 Å². The molecule has 7 aliphatic carbocycles. The second kappa shape index (κ2) is 1.14. The molecule has 0 amide bonds. The molecule has 0 saturated heterocycles. The average Bonchev–Trinajstić information content (AvgIpc) is 2.96. The SMILES string of the molecule is O=C1C2C3C4C=CC(C23)C2C1C42. The Morgan fingerprint density at radius 2 is 1.25 bits per heavy atom. The van der Waals surface area contributed by atoms with E-state index in [1.807, 2.05) is 0 Å². The minimum absolute atomic E-state index is 0.537. The third-order valence-electron chi connectivity index (χ3n) is 5.26. The van der Waals surface area contributed by atoms with Crippen molar-refractivity contribution in [3.8, 4) is 0 Å². The zero-order chi connectivity index (χ0) is 7.61. The summed E-state index contributed by atoms with van der Waals surface area (Å²) in [5, 5.41) is 0. The van der Waals surface area contributed by atoms with Crippen molar-refractivity contribution in [1.82, 2.24) is 0 Å². The molecule has 8 bridgehead atoms. The molecule has 7 rings (SSSR count). The molecular formula is C11H10O. The number of hydrogen-bond donors (Lipinski definition) is 0. The highest BCUT2D eigenvalue weighted by atomic mass is 16.1. The van der Waals surface area contributed by atoms with Crippen LogP contribution in [0.2, 0.25) is 0 Å². The number of carbonyl (C=O) groups excluding carboxylic acids is 1. The molecule has 0 aromatic rings. The van der Waals surface area contributed by atoms with E-state index in [0.29, 0.717) is 17.6 Å². The Bertz CT molecular complexity index is 304. The molecule has 12 heavy (non-hydrogen) atoms. The maximum absolute atomic E-state index is 11.7. The molecule has 0 heterocycles. The first-order chi connectivity index (χ1) is 5.89. The number of carbonyl (C=O) groups is 1. The minimum Gasteiger partial charge on any atom is -0.299 e. The first kappa shape index (κ1) is 5.21. The zero-order valence-corrected chi connectivity index (χ0v) is 6.68. The lowest BCUT2D eigenvalue weighted by atomic mass is 9.76. The van der Waals surface area contributed by atoms with Gasteiger partial charge in [-0.1, -0.05) is 12.2 Å². The number of rotatable bonds is 0. The maximum atomic E-state index is 11.7. The molecule has 0 spiro atoms. The molecule has 0 aromatic carbocycles. The van der Waals surface area contributed by atoms with Crippen molar-refractivity contribution in [1.29, 1.82) is 0 Å². The number of ketones is 1. The van der Waals surface area contributed by atoms with E-state index < -0.39 is 0 Å². The Balaban J connectivity index is 1.86. The summed E-state index contributed by atoms with van der Waals surface area (Å²) in [6, 6.07) is 0. The molecule has 4 atom stereocenters. The van der Waals surface area contributed by atoms with E-state index in [2.05, 4.69) is 12.2 Å². The van der Waals surface area contributed by atoms with Crippen molar-refractivity contribution in [2.75, 3.05) is 0 Å². The monoisotopic (exact) mass is 158 g/mol. The Morgan fingerprint density at radius 1 is 0.833 bits per heavy atom. The van der Waals surface area contributed by atoms with Gasteiger partial charge in [0, 0.05) is 11.8 Å². The predicted molar refractivity (Wildman–Crippen MR) is 42.1 cm³/mol. The van der Waals surface area contributed by atoms with Crippen molar-refractivity contribution in [3.63, 3.8) is 0 Å². The van der Waals surface area contributed by atoms with Crippen LogP contribution in [0.4, 0.5) is 0 Å². The Kier molecular flexibility index (Phi) is 0.496. The summed E-state index contributed by atoms with van der Waals surface area (Å²) in [4.78, 5) is 11.7. The van der Waals surface area contributed by atoms with Gasteiger partial charge in [0.2, 0.25) is 0 Å². The van der Waals surface area contributed by atoms with E-state index in [-0.39, 0.29) is 0 Å². The predicted octanol–water partition coefficient (Wildman–Crippen LogP) is 1.11. The maximum Gasteiger partial charge on any atom is 0.140 e.